The monoisotopic (exact) mass is 333 g/mol. The van der Waals surface area contributed by atoms with Crippen LogP contribution in [-0.4, -0.2) is 38.9 Å². The van der Waals surface area contributed by atoms with Gasteiger partial charge >= 0.3 is 0 Å². The van der Waals surface area contributed by atoms with E-state index in [2.05, 4.69) is 46.8 Å². The summed E-state index contributed by atoms with van der Waals surface area (Å²) < 4.78 is 11.3. The highest BCUT2D eigenvalue weighted by molar-refractivity contribution is 5.79. The van der Waals surface area contributed by atoms with Crippen molar-refractivity contribution >= 4 is 5.96 Å². The minimum atomic E-state index is 0.345. The van der Waals surface area contributed by atoms with Gasteiger partial charge in [0.1, 0.15) is 0 Å². The van der Waals surface area contributed by atoms with Gasteiger partial charge in [-0.1, -0.05) is 37.6 Å². The molecule has 0 radical (unpaired) electrons. The summed E-state index contributed by atoms with van der Waals surface area (Å²) in [6.45, 7) is 6.24. The van der Waals surface area contributed by atoms with E-state index in [1.54, 1.807) is 7.05 Å². The Labute approximate surface area is 145 Å². The summed E-state index contributed by atoms with van der Waals surface area (Å²) in [6, 6.07) is 8.58. The third-order valence-corrected chi connectivity index (χ3v) is 4.18. The highest BCUT2D eigenvalue weighted by Gasteiger charge is 2.13. The van der Waals surface area contributed by atoms with E-state index in [1.807, 2.05) is 0 Å². The third kappa shape index (κ3) is 6.89. The van der Waals surface area contributed by atoms with Crippen molar-refractivity contribution in [1.29, 1.82) is 0 Å². The van der Waals surface area contributed by atoms with E-state index in [-0.39, 0.29) is 0 Å². The topological polar surface area (TPSA) is 54.9 Å². The SMILES string of the molecule is CCCCNC(=NC)NCc1ccc(COC2CCOCC2)cc1. The number of nitrogens with zero attached hydrogens (tertiary/aromatic N) is 1. The molecule has 0 bridgehead atoms. The molecule has 2 rings (SSSR count). The first-order valence-electron chi connectivity index (χ1n) is 9.03. The molecule has 1 fully saturated rings. The lowest BCUT2D eigenvalue weighted by Gasteiger charge is -2.22. The maximum atomic E-state index is 5.95. The van der Waals surface area contributed by atoms with Gasteiger partial charge < -0.3 is 20.1 Å². The molecule has 5 heteroatoms. The Morgan fingerprint density at radius 2 is 1.88 bits per heavy atom. The molecule has 0 aliphatic carbocycles. The third-order valence-electron chi connectivity index (χ3n) is 4.18. The zero-order valence-electron chi connectivity index (χ0n) is 15.0. The highest BCUT2D eigenvalue weighted by Crippen LogP contribution is 2.14. The van der Waals surface area contributed by atoms with Crippen molar-refractivity contribution in [1.82, 2.24) is 10.6 Å². The second-order valence-electron chi connectivity index (χ2n) is 6.15. The van der Waals surface area contributed by atoms with Crippen molar-refractivity contribution in [3.63, 3.8) is 0 Å². The quantitative estimate of drug-likeness (QED) is 0.436. The minimum Gasteiger partial charge on any atom is -0.381 e. The minimum absolute atomic E-state index is 0.345. The van der Waals surface area contributed by atoms with Gasteiger partial charge in [0.2, 0.25) is 0 Å². The first-order valence-corrected chi connectivity index (χ1v) is 9.03. The fraction of sp³-hybridized carbons (Fsp3) is 0.632. The van der Waals surface area contributed by atoms with Crippen LogP contribution in [0.1, 0.15) is 43.7 Å². The molecular formula is C19H31N3O2. The Balaban J connectivity index is 1.70. The molecule has 1 aliphatic rings. The van der Waals surface area contributed by atoms with Crippen LogP contribution in [0.15, 0.2) is 29.3 Å². The molecule has 0 amide bonds. The maximum absolute atomic E-state index is 5.95. The molecule has 1 heterocycles. The van der Waals surface area contributed by atoms with E-state index in [0.717, 1.165) is 51.5 Å². The molecule has 0 saturated carbocycles. The Kier molecular flexibility index (Phi) is 8.63. The predicted octanol–water partition coefficient (Wildman–Crippen LogP) is 2.85. The summed E-state index contributed by atoms with van der Waals surface area (Å²) in [4.78, 5) is 4.24. The van der Waals surface area contributed by atoms with Crippen LogP contribution in [0.25, 0.3) is 0 Å². The van der Waals surface area contributed by atoms with E-state index < -0.39 is 0 Å². The van der Waals surface area contributed by atoms with Crippen molar-refractivity contribution < 1.29 is 9.47 Å². The Bertz CT molecular complexity index is 482. The number of ether oxygens (including phenoxy) is 2. The van der Waals surface area contributed by atoms with Gasteiger partial charge in [-0.05, 0) is 30.4 Å². The zero-order valence-corrected chi connectivity index (χ0v) is 15.0. The number of aliphatic imine (C=N–C) groups is 1. The second kappa shape index (κ2) is 11.0. The van der Waals surface area contributed by atoms with Crippen molar-refractivity contribution in [2.24, 2.45) is 4.99 Å². The zero-order chi connectivity index (χ0) is 17.0. The van der Waals surface area contributed by atoms with E-state index in [0.29, 0.717) is 12.7 Å². The van der Waals surface area contributed by atoms with Gasteiger partial charge in [-0.2, -0.15) is 0 Å². The van der Waals surface area contributed by atoms with E-state index in [1.165, 1.54) is 17.5 Å². The smallest absolute Gasteiger partial charge is 0.191 e. The van der Waals surface area contributed by atoms with Gasteiger partial charge in [-0.3, -0.25) is 4.99 Å². The number of benzene rings is 1. The summed E-state index contributed by atoms with van der Waals surface area (Å²) >= 11 is 0. The van der Waals surface area contributed by atoms with Crippen LogP contribution < -0.4 is 10.6 Å². The lowest BCUT2D eigenvalue weighted by molar-refractivity contribution is -0.0390. The number of rotatable bonds is 8. The van der Waals surface area contributed by atoms with E-state index >= 15 is 0 Å². The van der Waals surface area contributed by atoms with Gasteiger partial charge in [0, 0.05) is 33.4 Å². The van der Waals surface area contributed by atoms with Crippen LogP contribution >= 0.6 is 0 Å². The molecule has 134 valence electrons. The van der Waals surface area contributed by atoms with Crippen LogP contribution in [0.2, 0.25) is 0 Å². The normalized spacial score (nSPS) is 16.2. The fourth-order valence-corrected chi connectivity index (χ4v) is 2.60. The number of guanidine groups is 1. The van der Waals surface area contributed by atoms with Gasteiger partial charge in [-0.25, -0.2) is 0 Å². The number of nitrogens with one attached hydrogen (secondary N) is 2. The Morgan fingerprint density at radius 1 is 1.17 bits per heavy atom. The molecule has 5 nitrogen and oxygen atoms in total. The summed E-state index contributed by atoms with van der Waals surface area (Å²) in [5, 5.41) is 6.66. The predicted molar refractivity (Wildman–Crippen MR) is 98.2 cm³/mol. The number of unbranched alkanes of at least 4 members (excludes halogenated alkanes) is 1. The van der Waals surface area contributed by atoms with Crippen molar-refractivity contribution in [3.05, 3.63) is 35.4 Å². The second-order valence-corrected chi connectivity index (χ2v) is 6.15. The average Bonchev–Trinajstić information content (AvgIpc) is 2.64. The van der Waals surface area contributed by atoms with Gasteiger partial charge in [0.15, 0.2) is 5.96 Å². The molecule has 1 aliphatic heterocycles. The van der Waals surface area contributed by atoms with E-state index in [9.17, 15) is 0 Å². The van der Waals surface area contributed by atoms with E-state index in [4.69, 9.17) is 9.47 Å². The first kappa shape index (κ1) is 18.7. The highest BCUT2D eigenvalue weighted by atomic mass is 16.5. The lowest BCUT2D eigenvalue weighted by atomic mass is 10.1. The maximum Gasteiger partial charge on any atom is 0.191 e. The summed E-state index contributed by atoms with van der Waals surface area (Å²) in [6.07, 6.45) is 4.69. The molecule has 0 spiro atoms. The van der Waals surface area contributed by atoms with Gasteiger partial charge in [-0.15, -0.1) is 0 Å². The standard InChI is InChI=1S/C19H31N3O2/c1-3-4-11-21-19(20-2)22-14-16-5-7-17(8-6-16)15-24-18-9-12-23-13-10-18/h5-8,18H,3-4,9-15H2,1-2H3,(H2,20,21,22). The van der Waals surface area contributed by atoms with Crippen LogP contribution in [-0.2, 0) is 22.6 Å². The summed E-state index contributed by atoms with van der Waals surface area (Å²) in [5.74, 6) is 0.857. The molecule has 1 aromatic rings. The molecule has 0 unspecified atom stereocenters. The van der Waals surface area contributed by atoms with Crippen LogP contribution in [0.3, 0.4) is 0 Å². The first-order chi connectivity index (χ1) is 11.8. The average molecular weight is 333 g/mol. The number of hydrogen-bond donors (Lipinski definition) is 2. The van der Waals surface area contributed by atoms with Crippen LogP contribution in [0, 0.1) is 0 Å². The molecule has 2 N–H and O–H groups in total. The van der Waals surface area contributed by atoms with Crippen LogP contribution in [0.4, 0.5) is 0 Å². The number of hydrogen-bond acceptors (Lipinski definition) is 3. The molecule has 0 atom stereocenters. The molecular weight excluding hydrogens is 302 g/mol. The van der Waals surface area contributed by atoms with Crippen molar-refractivity contribution in [2.75, 3.05) is 26.8 Å². The van der Waals surface area contributed by atoms with Crippen molar-refractivity contribution in [2.45, 2.75) is 51.9 Å². The Morgan fingerprint density at radius 3 is 2.54 bits per heavy atom. The lowest BCUT2D eigenvalue weighted by Crippen LogP contribution is -2.37. The molecule has 24 heavy (non-hydrogen) atoms. The molecule has 1 saturated heterocycles. The molecule has 0 aromatic heterocycles. The summed E-state index contributed by atoms with van der Waals surface area (Å²) in [7, 11) is 1.80. The van der Waals surface area contributed by atoms with Gasteiger partial charge in [0.05, 0.1) is 12.7 Å². The summed E-state index contributed by atoms with van der Waals surface area (Å²) in [5.41, 5.74) is 2.46. The van der Waals surface area contributed by atoms with Crippen molar-refractivity contribution in [3.8, 4) is 0 Å². The van der Waals surface area contributed by atoms with Gasteiger partial charge in [0.25, 0.3) is 0 Å². The van der Waals surface area contributed by atoms with Crippen LogP contribution in [0.5, 0.6) is 0 Å². The largest absolute Gasteiger partial charge is 0.381 e. The fourth-order valence-electron chi connectivity index (χ4n) is 2.60. The molecule has 1 aromatic carbocycles. The Hall–Kier alpha value is -1.59.